The molecule has 0 aromatic rings. The van der Waals surface area contributed by atoms with E-state index in [1.54, 1.807) is 0 Å². The molecular formula is C76H130O6. The van der Waals surface area contributed by atoms with Crippen LogP contribution in [-0.2, 0) is 28.6 Å². The van der Waals surface area contributed by atoms with Gasteiger partial charge in [0.15, 0.2) is 6.10 Å². The fourth-order valence-corrected chi connectivity index (χ4v) is 9.78. The zero-order chi connectivity index (χ0) is 59.2. The van der Waals surface area contributed by atoms with Crippen molar-refractivity contribution in [1.82, 2.24) is 0 Å². The first-order valence-corrected chi connectivity index (χ1v) is 34.9. The summed E-state index contributed by atoms with van der Waals surface area (Å²) in [5, 5.41) is 0. The summed E-state index contributed by atoms with van der Waals surface area (Å²) in [7, 11) is 0. The second kappa shape index (κ2) is 69.6. The van der Waals surface area contributed by atoms with Crippen LogP contribution in [0.1, 0.15) is 335 Å². The Bertz CT molecular complexity index is 1640. The molecule has 470 valence electrons. The summed E-state index contributed by atoms with van der Waals surface area (Å²) < 4.78 is 16.9. The number of carbonyl (C=O) groups excluding carboxylic acids is 3. The number of esters is 3. The minimum absolute atomic E-state index is 0.0839. The Balaban J connectivity index is 4.16. The van der Waals surface area contributed by atoms with E-state index < -0.39 is 6.10 Å². The number of carbonyl (C=O) groups is 3. The summed E-state index contributed by atoms with van der Waals surface area (Å²) in [4.78, 5) is 38.3. The lowest BCUT2D eigenvalue weighted by atomic mass is 10.0. The number of unbranched alkanes of at least 4 members (excludes halogenated alkanes) is 34. The minimum Gasteiger partial charge on any atom is -0.462 e. The van der Waals surface area contributed by atoms with E-state index in [0.717, 1.165) is 128 Å². The maximum Gasteiger partial charge on any atom is 0.306 e. The van der Waals surface area contributed by atoms with E-state index in [0.29, 0.717) is 19.3 Å². The van der Waals surface area contributed by atoms with Gasteiger partial charge >= 0.3 is 17.9 Å². The van der Waals surface area contributed by atoms with Gasteiger partial charge in [0.25, 0.3) is 0 Å². The average Bonchev–Trinajstić information content (AvgIpc) is 3.48. The molecule has 0 fully saturated rings. The molecule has 0 aromatic carbocycles. The maximum absolute atomic E-state index is 12.9. The molecule has 0 heterocycles. The van der Waals surface area contributed by atoms with Gasteiger partial charge in [-0.15, -0.1) is 0 Å². The van der Waals surface area contributed by atoms with Crippen molar-refractivity contribution in [3.63, 3.8) is 0 Å². The molecule has 0 aliphatic rings. The van der Waals surface area contributed by atoms with Crippen LogP contribution in [0, 0.1) is 0 Å². The monoisotopic (exact) mass is 1140 g/mol. The number of hydrogen-bond acceptors (Lipinski definition) is 6. The quantitative estimate of drug-likeness (QED) is 0.0261. The molecule has 0 aliphatic carbocycles. The lowest BCUT2D eigenvalue weighted by molar-refractivity contribution is -0.167. The second-order valence-electron chi connectivity index (χ2n) is 23.1. The van der Waals surface area contributed by atoms with Gasteiger partial charge in [0.2, 0.25) is 0 Å². The molecular weight excluding hydrogens is 1010 g/mol. The van der Waals surface area contributed by atoms with Crippen LogP contribution in [0.25, 0.3) is 0 Å². The lowest BCUT2D eigenvalue weighted by Gasteiger charge is -2.18. The number of ether oxygens (including phenoxy) is 3. The molecule has 0 saturated heterocycles. The molecule has 0 aliphatic heterocycles. The van der Waals surface area contributed by atoms with Crippen LogP contribution < -0.4 is 0 Å². The summed E-state index contributed by atoms with van der Waals surface area (Å²) in [6, 6.07) is 0. The molecule has 6 heteroatoms. The Morgan fingerprint density at radius 3 is 0.805 bits per heavy atom. The van der Waals surface area contributed by atoms with Crippen molar-refractivity contribution in [1.29, 1.82) is 0 Å². The van der Waals surface area contributed by atoms with Gasteiger partial charge in [-0.1, -0.05) is 304 Å². The van der Waals surface area contributed by atoms with Gasteiger partial charge in [0.05, 0.1) is 0 Å². The van der Waals surface area contributed by atoms with E-state index in [9.17, 15) is 14.4 Å². The highest BCUT2D eigenvalue weighted by Crippen LogP contribution is 2.17. The Morgan fingerprint density at radius 2 is 0.500 bits per heavy atom. The largest absolute Gasteiger partial charge is 0.462 e. The molecule has 0 aromatic heterocycles. The normalized spacial score (nSPS) is 12.8. The van der Waals surface area contributed by atoms with E-state index in [2.05, 4.69) is 130 Å². The Kier molecular flexibility index (Phi) is 66.2. The van der Waals surface area contributed by atoms with Crippen molar-refractivity contribution in [3.05, 3.63) is 109 Å². The molecule has 1 unspecified atom stereocenters. The van der Waals surface area contributed by atoms with Crippen molar-refractivity contribution in [2.75, 3.05) is 13.2 Å². The standard InChI is InChI=1S/C76H130O6/c1-4-7-10-13-16-19-22-24-26-28-30-32-33-34-35-36-37-38-39-40-41-42-43-45-46-48-50-52-54-57-60-63-66-69-75(78)81-72-73(71-80-74(77)68-65-62-59-56-21-18-15-12-9-6-3)82-76(79)70-67-64-61-58-55-53-51-49-47-44-31-29-27-25-23-20-17-14-11-8-5-2/h7,10,12,15-16,19,23-26,29-32,34-35,47,49,73H,4-6,8-9,11,13-14,17-18,20-22,27-28,33,36-46,48,50-72H2,1-3H3/b10-7-,15-12-,19-16-,25-23-,26-24-,31-29-,32-30-,35-34-,49-47-. The van der Waals surface area contributed by atoms with Gasteiger partial charge < -0.3 is 14.2 Å². The molecule has 0 spiro atoms. The van der Waals surface area contributed by atoms with E-state index in [4.69, 9.17) is 14.2 Å². The van der Waals surface area contributed by atoms with Gasteiger partial charge in [0.1, 0.15) is 13.2 Å². The molecule has 0 saturated carbocycles. The maximum atomic E-state index is 12.9. The predicted octanol–water partition coefficient (Wildman–Crippen LogP) is 24.2. The molecule has 0 bridgehead atoms. The van der Waals surface area contributed by atoms with Gasteiger partial charge in [-0.3, -0.25) is 14.4 Å². The Labute approximate surface area is 508 Å². The first-order valence-electron chi connectivity index (χ1n) is 34.9. The van der Waals surface area contributed by atoms with Crippen molar-refractivity contribution < 1.29 is 28.6 Å². The number of allylic oxidation sites excluding steroid dienone is 18. The minimum atomic E-state index is -0.789. The molecule has 0 radical (unpaired) electrons. The van der Waals surface area contributed by atoms with E-state index >= 15 is 0 Å². The highest BCUT2D eigenvalue weighted by molar-refractivity contribution is 5.71. The van der Waals surface area contributed by atoms with E-state index in [1.165, 1.54) is 167 Å². The van der Waals surface area contributed by atoms with Crippen LogP contribution in [0.5, 0.6) is 0 Å². The van der Waals surface area contributed by atoms with Gasteiger partial charge in [-0.05, 0) is 122 Å². The van der Waals surface area contributed by atoms with Crippen molar-refractivity contribution in [2.45, 2.75) is 341 Å². The first-order chi connectivity index (χ1) is 40.5. The van der Waals surface area contributed by atoms with Crippen LogP contribution in [0.2, 0.25) is 0 Å². The average molecular weight is 1140 g/mol. The van der Waals surface area contributed by atoms with Crippen LogP contribution in [0.3, 0.4) is 0 Å². The van der Waals surface area contributed by atoms with Crippen molar-refractivity contribution in [3.8, 4) is 0 Å². The van der Waals surface area contributed by atoms with Crippen LogP contribution in [0.4, 0.5) is 0 Å². The fraction of sp³-hybridized carbons (Fsp3) is 0.724. The van der Waals surface area contributed by atoms with E-state index in [1.807, 2.05) is 0 Å². The number of hydrogen-bond donors (Lipinski definition) is 0. The van der Waals surface area contributed by atoms with Gasteiger partial charge in [-0.25, -0.2) is 0 Å². The topological polar surface area (TPSA) is 78.9 Å². The molecule has 0 rings (SSSR count). The highest BCUT2D eigenvalue weighted by atomic mass is 16.6. The third-order valence-corrected chi connectivity index (χ3v) is 15.0. The Morgan fingerprint density at radius 1 is 0.256 bits per heavy atom. The predicted molar refractivity (Wildman–Crippen MR) is 357 cm³/mol. The van der Waals surface area contributed by atoms with Gasteiger partial charge in [-0.2, -0.15) is 0 Å². The van der Waals surface area contributed by atoms with Crippen molar-refractivity contribution in [2.24, 2.45) is 0 Å². The zero-order valence-corrected chi connectivity index (χ0v) is 54.0. The molecule has 6 nitrogen and oxygen atoms in total. The fourth-order valence-electron chi connectivity index (χ4n) is 9.78. The summed E-state index contributed by atoms with van der Waals surface area (Å²) in [6.45, 7) is 6.46. The zero-order valence-electron chi connectivity index (χ0n) is 54.0. The smallest absolute Gasteiger partial charge is 0.306 e. The summed E-state index contributed by atoms with van der Waals surface area (Å²) in [6.07, 6.45) is 95.6. The van der Waals surface area contributed by atoms with Crippen molar-refractivity contribution >= 4 is 17.9 Å². The van der Waals surface area contributed by atoms with E-state index in [-0.39, 0.29) is 31.1 Å². The molecule has 1 atom stereocenters. The third-order valence-electron chi connectivity index (χ3n) is 15.0. The molecule has 0 amide bonds. The SMILES string of the molecule is CC/C=C\C/C=C\C/C=C\C/C=C\C/C=C\CCCCCCCCCCCCCCCCCCCC(=O)OCC(COC(=O)CCCCCCC/C=C\CCC)OC(=O)CCCCCCCC/C=C\C/C=C\C/C=C\CCCCCCC. The molecule has 0 N–H and O–H groups in total. The van der Waals surface area contributed by atoms with Crippen LogP contribution in [0.15, 0.2) is 109 Å². The van der Waals surface area contributed by atoms with Crippen LogP contribution >= 0.6 is 0 Å². The first kappa shape index (κ1) is 78.1. The van der Waals surface area contributed by atoms with Crippen LogP contribution in [-0.4, -0.2) is 37.2 Å². The van der Waals surface area contributed by atoms with Gasteiger partial charge in [0, 0.05) is 19.3 Å². The summed E-state index contributed by atoms with van der Waals surface area (Å²) in [5.74, 6) is -0.896. The lowest BCUT2D eigenvalue weighted by Crippen LogP contribution is -2.30. The third kappa shape index (κ3) is 66.9. The second-order valence-corrected chi connectivity index (χ2v) is 23.1. The summed E-state index contributed by atoms with van der Waals surface area (Å²) >= 11 is 0. The number of rotatable bonds is 63. The highest BCUT2D eigenvalue weighted by Gasteiger charge is 2.19. The summed E-state index contributed by atoms with van der Waals surface area (Å²) in [5.41, 5.74) is 0. The molecule has 82 heavy (non-hydrogen) atoms. The Hall–Kier alpha value is -3.93.